The molecular weight excluding hydrogens is 487 g/mol. The van der Waals surface area contributed by atoms with E-state index in [2.05, 4.69) is 4.98 Å². The zero-order chi connectivity index (χ0) is 24.8. The van der Waals surface area contributed by atoms with Crippen LogP contribution in [0.3, 0.4) is 0 Å². The van der Waals surface area contributed by atoms with Gasteiger partial charge in [-0.05, 0) is 36.0 Å². The summed E-state index contributed by atoms with van der Waals surface area (Å²) in [5.41, 5.74) is 1.45. The van der Waals surface area contributed by atoms with Gasteiger partial charge in [0.2, 0.25) is 6.10 Å². The van der Waals surface area contributed by atoms with E-state index >= 15 is 0 Å². The highest BCUT2D eigenvalue weighted by Crippen LogP contribution is 2.51. The maximum atomic E-state index is 13.4. The predicted molar refractivity (Wildman–Crippen MR) is 110 cm³/mol. The van der Waals surface area contributed by atoms with Crippen LogP contribution in [0.4, 0.5) is 33.5 Å². The Bertz CT molecular complexity index is 1190. The molecule has 2 fully saturated rings. The van der Waals surface area contributed by atoms with Crippen LogP contribution in [0.1, 0.15) is 18.5 Å². The molecule has 1 saturated carbocycles. The van der Waals surface area contributed by atoms with Gasteiger partial charge in [-0.2, -0.15) is 21.6 Å². The van der Waals surface area contributed by atoms with Gasteiger partial charge in [0.1, 0.15) is 0 Å². The third-order valence-electron chi connectivity index (χ3n) is 6.96. The number of aromatic nitrogens is 1. The van der Waals surface area contributed by atoms with Gasteiger partial charge in [-0.15, -0.1) is 0 Å². The number of rotatable bonds is 4. The number of amides is 1. The molecule has 14 heteroatoms. The number of likely N-dealkylation sites (tertiary alicyclic amines) is 1. The predicted octanol–water partition coefficient (Wildman–Crippen LogP) is 2.02. The van der Waals surface area contributed by atoms with Crippen LogP contribution >= 0.6 is 0 Å². The number of pyridine rings is 1. The molecule has 5 rings (SSSR count). The fourth-order valence-electron chi connectivity index (χ4n) is 4.88. The summed E-state index contributed by atoms with van der Waals surface area (Å²) in [6.45, 7) is -0.254. The van der Waals surface area contributed by atoms with Gasteiger partial charge in [0.25, 0.3) is 11.8 Å². The number of allylic oxidation sites excluding steroid dienone is 1. The Morgan fingerprint density at radius 2 is 1.97 bits per heavy atom. The molecule has 1 aromatic heterocycles. The van der Waals surface area contributed by atoms with Gasteiger partial charge in [0, 0.05) is 39.0 Å². The average molecular weight is 508 g/mol. The first kappa shape index (κ1) is 23.3. The molecule has 4 aliphatic rings. The molecule has 1 amide bonds. The normalized spacial score (nSPS) is 29.7. The lowest BCUT2D eigenvalue weighted by Gasteiger charge is -2.22. The Labute approximate surface area is 191 Å². The van der Waals surface area contributed by atoms with Gasteiger partial charge in [0.15, 0.2) is 5.82 Å². The maximum absolute atomic E-state index is 13.4. The molecule has 0 bridgehead atoms. The molecule has 2 aliphatic carbocycles. The largest absolute Gasteiger partial charge is 0.423 e. The molecule has 186 valence electrons. The van der Waals surface area contributed by atoms with Crippen molar-refractivity contribution in [2.45, 2.75) is 31.0 Å². The summed E-state index contributed by atoms with van der Waals surface area (Å²) in [6.07, 6.45) is -6.22. The van der Waals surface area contributed by atoms with Crippen molar-refractivity contribution < 1.29 is 40.3 Å². The topological polar surface area (TPSA) is 94.1 Å². The minimum absolute atomic E-state index is 0.0305. The zero-order valence-electron chi connectivity index (χ0n) is 17.8. The summed E-state index contributed by atoms with van der Waals surface area (Å²) in [4.78, 5) is 17.4. The molecule has 34 heavy (non-hydrogen) atoms. The molecule has 3 heterocycles. The fraction of sp³-hybridized carbons (Fsp3) is 0.600. The summed E-state index contributed by atoms with van der Waals surface area (Å²) < 4.78 is 92.1. The van der Waals surface area contributed by atoms with E-state index in [4.69, 9.17) is 0 Å². The van der Waals surface area contributed by atoms with Crippen LogP contribution in [-0.4, -0.2) is 74.2 Å². The standard InChI is InChI=1S/C20H21F5N4O4S/c1-27-17-15(29(34(27,32)33)9-13-6-19(13,21)22)3-2-14(26-17)10-4-11-7-28(8-12(11)5-10)18(31)16(30)20(23,24)25/h2-4,11-13,16,30H,5-9H2,1H3. The lowest BCUT2D eigenvalue weighted by molar-refractivity contribution is -0.210. The molecule has 2 aliphatic heterocycles. The number of halogens is 5. The van der Waals surface area contributed by atoms with Crippen molar-refractivity contribution in [3.8, 4) is 0 Å². The highest BCUT2D eigenvalue weighted by molar-refractivity contribution is 7.94. The minimum atomic E-state index is -5.03. The van der Waals surface area contributed by atoms with Crippen LogP contribution in [0, 0.1) is 17.8 Å². The summed E-state index contributed by atoms with van der Waals surface area (Å²) in [6, 6.07) is 3.11. The Morgan fingerprint density at radius 1 is 1.29 bits per heavy atom. The Kier molecular flexibility index (Phi) is 4.97. The Balaban J connectivity index is 1.34. The lowest BCUT2D eigenvalue weighted by atomic mass is 9.99. The van der Waals surface area contributed by atoms with Crippen LogP contribution < -0.4 is 8.61 Å². The second-order valence-electron chi connectivity index (χ2n) is 9.22. The zero-order valence-corrected chi connectivity index (χ0v) is 18.7. The molecule has 0 aromatic carbocycles. The van der Waals surface area contributed by atoms with E-state index in [0.29, 0.717) is 12.1 Å². The molecule has 4 atom stereocenters. The second kappa shape index (κ2) is 7.26. The first-order valence-electron chi connectivity index (χ1n) is 10.6. The maximum Gasteiger partial charge on any atom is 0.423 e. The number of carbonyl (C=O) groups is 1. The van der Waals surface area contributed by atoms with Crippen LogP contribution in [0.15, 0.2) is 18.2 Å². The SMILES string of the molecule is CN1c2nc(C3=CC4CN(C(=O)C(O)C(F)(F)F)CC4C3)ccc2N(CC2CC2(F)F)S1(=O)=O. The van der Waals surface area contributed by atoms with Gasteiger partial charge < -0.3 is 10.0 Å². The van der Waals surface area contributed by atoms with E-state index in [1.165, 1.54) is 13.1 Å². The number of carbonyl (C=O) groups excluding carboxylic acids is 1. The number of hydrogen-bond acceptors (Lipinski definition) is 5. The fourth-order valence-corrected chi connectivity index (χ4v) is 6.29. The quantitative estimate of drug-likeness (QED) is 0.629. The third kappa shape index (κ3) is 3.61. The highest BCUT2D eigenvalue weighted by Gasteiger charge is 2.59. The first-order chi connectivity index (χ1) is 15.7. The average Bonchev–Trinajstić information content (AvgIpc) is 3.05. The van der Waals surface area contributed by atoms with E-state index < -0.39 is 40.2 Å². The molecule has 1 N–H and O–H groups in total. The van der Waals surface area contributed by atoms with Crippen LogP contribution in [0.5, 0.6) is 0 Å². The van der Waals surface area contributed by atoms with E-state index in [-0.39, 0.29) is 49.4 Å². The first-order valence-corrected chi connectivity index (χ1v) is 12.0. The number of hydrogen-bond donors (Lipinski definition) is 1. The summed E-state index contributed by atoms with van der Waals surface area (Å²) in [5, 5.41) is 9.23. The van der Waals surface area contributed by atoms with Gasteiger partial charge in [-0.1, -0.05) is 6.08 Å². The number of anilines is 2. The van der Waals surface area contributed by atoms with E-state index in [1.807, 2.05) is 0 Å². The van der Waals surface area contributed by atoms with Crippen LogP contribution in [0.2, 0.25) is 0 Å². The van der Waals surface area contributed by atoms with Gasteiger partial charge in [0.05, 0.1) is 11.4 Å². The summed E-state index contributed by atoms with van der Waals surface area (Å²) >= 11 is 0. The van der Waals surface area contributed by atoms with Gasteiger partial charge in [-0.25, -0.2) is 22.4 Å². The van der Waals surface area contributed by atoms with Crippen molar-refractivity contribution in [2.75, 3.05) is 35.3 Å². The molecule has 0 spiro atoms. The number of alkyl halides is 5. The molecule has 8 nitrogen and oxygen atoms in total. The molecule has 1 aromatic rings. The van der Waals surface area contributed by atoms with Crippen molar-refractivity contribution in [3.05, 3.63) is 23.9 Å². The van der Waals surface area contributed by atoms with Crippen LogP contribution in [0.25, 0.3) is 5.57 Å². The van der Waals surface area contributed by atoms with Crippen molar-refractivity contribution in [3.63, 3.8) is 0 Å². The van der Waals surface area contributed by atoms with Crippen molar-refractivity contribution in [1.29, 1.82) is 0 Å². The molecule has 0 radical (unpaired) electrons. The van der Waals surface area contributed by atoms with Crippen LogP contribution in [-0.2, 0) is 15.0 Å². The van der Waals surface area contributed by atoms with Crippen molar-refractivity contribution >= 4 is 33.2 Å². The number of fused-ring (bicyclic) bond motifs is 2. The minimum Gasteiger partial charge on any atom is -0.376 e. The molecule has 4 unspecified atom stereocenters. The van der Waals surface area contributed by atoms with Gasteiger partial charge >= 0.3 is 16.4 Å². The summed E-state index contributed by atoms with van der Waals surface area (Å²) in [5.74, 6) is -5.54. The number of aliphatic hydroxyl groups is 1. The lowest BCUT2D eigenvalue weighted by Crippen LogP contribution is -2.45. The monoisotopic (exact) mass is 508 g/mol. The van der Waals surface area contributed by atoms with Gasteiger partial charge in [-0.3, -0.25) is 4.79 Å². The van der Waals surface area contributed by atoms with E-state index in [0.717, 1.165) is 19.1 Å². The van der Waals surface area contributed by atoms with E-state index in [9.17, 15) is 40.3 Å². The van der Waals surface area contributed by atoms with E-state index in [1.54, 1.807) is 12.1 Å². The van der Waals surface area contributed by atoms with Crippen molar-refractivity contribution in [1.82, 2.24) is 9.88 Å². The highest BCUT2D eigenvalue weighted by atomic mass is 32.2. The van der Waals surface area contributed by atoms with Crippen molar-refractivity contribution in [2.24, 2.45) is 17.8 Å². The number of aliphatic hydroxyl groups excluding tert-OH is 1. The molecular formula is C20H21F5N4O4S. The Morgan fingerprint density at radius 3 is 2.56 bits per heavy atom. The third-order valence-corrected chi connectivity index (χ3v) is 8.73. The smallest absolute Gasteiger partial charge is 0.376 e. The number of nitrogens with zero attached hydrogens (tertiary/aromatic N) is 4. The Hall–Kier alpha value is -2.48. The molecule has 1 saturated heterocycles. The second-order valence-corrected chi connectivity index (χ2v) is 11.1. The summed E-state index contributed by atoms with van der Waals surface area (Å²) in [7, 11) is -2.74.